The van der Waals surface area contributed by atoms with E-state index in [1.807, 2.05) is 27.7 Å². The van der Waals surface area contributed by atoms with E-state index in [-0.39, 0.29) is 17.8 Å². The summed E-state index contributed by atoms with van der Waals surface area (Å²) >= 11 is 0. The monoisotopic (exact) mass is 227 g/mol. The predicted molar refractivity (Wildman–Crippen MR) is 61.2 cm³/mol. The fourth-order valence-electron chi connectivity index (χ4n) is 1.62. The van der Waals surface area contributed by atoms with Crippen molar-refractivity contribution in [3.8, 4) is 0 Å². The molecule has 1 heterocycles. The van der Waals surface area contributed by atoms with E-state index in [1.54, 1.807) is 4.90 Å². The zero-order valence-electron chi connectivity index (χ0n) is 10.6. The molecule has 1 aliphatic rings. The Morgan fingerprint density at radius 3 is 2.56 bits per heavy atom. The first-order valence-electron chi connectivity index (χ1n) is 5.80. The van der Waals surface area contributed by atoms with Crippen LogP contribution < -0.4 is 0 Å². The molecule has 1 fully saturated rings. The van der Waals surface area contributed by atoms with E-state index in [2.05, 4.69) is 0 Å². The summed E-state index contributed by atoms with van der Waals surface area (Å²) in [6, 6.07) is 0. The van der Waals surface area contributed by atoms with Gasteiger partial charge in [-0.1, -0.05) is 6.92 Å². The van der Waals surface area contributed by atoms with Crippen LogP contribution in [0.25, 0.3) is 0 Å². The van der Waals surface area contributed by atoms with Crippen molar-refractivity contribution in [1.82, 2.24) is 4.90 Å². The van der Waals surface area contributed by atoms with Gasteiger partial charge in [-0.3, -0.25) is 4.79 Å². The number of ketones is 1. The maximum Gasteiger partial charge on any atom is 0.410 e. The maximum atomic E-state index is 11.8. The van der Waals surface area contributed by atoms with E-state index >= 15 is 0 Å². The predicted octanol–water partition coefficient (Wildman–Crippen LogP) is 2.22. The lowest BCUT2D eigenvalue weighted by atomic mass is 10.0. The molecule has 0 aromatic carbocycles. The highest BCUT2D eigenvalue weighted by molar-refractivity contribution is 5.82. The number of Topliss-reactive ketones (excluding diaryl/α,β-unsaturated/α-hetero) is 1. The minimum absolute atomic E-state index is 0.0624. The average molecular weight is 227 g/mol. The molecular weight excluding hydrogens is 206 g/mol. The Hall–Kier alpha value is -1.06. The minimum Gasteiger partial charge on any atom is -0.444 e. The second kappa shape index (κ2) is 4.85. The number of hydrogen-bond donors (Lipinski definition) is 0. The molecule has 0 aromatic rings. The summed E-state index contributed by atoms with van der Waals surface area (Å²) in [5, 5.41) is 0. The topological polar surface area (TPSA) is 46.6 Å². The van der Waals surface area contributed by atoms with Crippen molar-refractivity contribution in [2.24, 2.45) is 5.92 Å². The molecule has 1 atom stereocenters. The van der Waals surface area contributed by atoms with Crippen LogP contribution >= 0.6 is 0 Å². The Kier molecular flexibility index (Phi) is 3.94. The van der Waals surface area contributed by atoms with E-state index < -0.39 is 5.60 Å². The molecule has 0 saturated carbocycles. The number of carbonyl (C=O) groups excluding carboxylic acids is 2. The average Bonchev–Trinajstić information content (AvgIpc) is 2.28. The molecule has 1 amide bonds. The highest BCUT2D eigenvalue weighted by Gasteiger charge is 2.26. The molecule has 92 valence electrons. The van der Waals surface area contributed by atoms with E-state index in [1.165, 1.54) is 0 Å². The van der Waals surface area contributed by atoms with Crippen molar-refractivity contribution in [1.29, 1.82) is 0 Å². The minimum atomic E-state index is -0.473. The number of amides is 1. The Morgan fingerprint density at radius 1 is 1.38 bits per heavy atom. The zero-order valence-corrected chi connectivity index (χ0v) is 10.6. The number of nitrogens with zero attached hydrogens (tertiary/aromatic N) is 1. The smallest absolute Gasteiger partial charge is 0.410 e. The van der Waals surface area contributed by atoms with Crippen LogP contribution in [0, 0.1) is 5.92 Å². The van der Waals surface area contributed by atoms with E-state index in [0.717, 1.165) is 6.42 Å². The first-order valence-corrected chi connectivity index (χ1v) is 5.80. The fourth-order valence-corrected chi connectivity index (χ4v) is 1.62. The number of likely N-dealkylation sites (tertiary alicyclic amines) is 1. The normalized spacial score (nSPS) is 22.9. The van der Waals surface area contributed by atoms with Crippen molar-refractivity contribution in [2.75, 3.05) is 13.1 Å². The van der Waals surface area contributed by atoms with Gasteiger partial charge in [0.1, 0.15) is 11.4 Å². The summed E-state index contributed by atoms with van der Waals surface area (Å²) in [5.74, 6) is 0.304. The number of rotatable bonds is 0. The lowest BCUT2D eigenvalue weighted by Gasteiger charge is -2.26. The third-order valence-corrected chi connectivity index (χ3v) is 2.66. The summed E-state index contributed by atoms with van der Waals surface area (Å²) in [7, 11) is 0. The third kappa shape index (κ3) is 3.83. The Morgan fingerprint density at radius 2 is 2.00 bits per heavy atom. The maximum absolute atomic E-state index is 11.8. The fraction of sp³-hybridized carbons (Fsp3) is 0.833. The van der Waals surface area contributed by atoms with Crippen molar-refractivity contribution in [3.63, 3.8) is 0 Å². The lowest BCUT2D eigenvalue weighted by molar-refractivity contribution is -0.122. The first-order chi connectivity index (χ1) is 7.29. The van der Waals surface area contributed by atoms with Gasteiger partial charge in [-0.2, -0.15) is 0 Å². The molecule has 0 bridgehead atoms. The second-order valence-electron chi connectivity index (χ2n) is 5.37. The molecule has 0 spiro atoms. The van der Waals surface area contributed by atoms with Gasteiger partial charge in [-0.05, 0) is 27.2 Å². The van der Waals surface area contributed by atoms with Crippen LogP contribution in [0.3, 0.4) is 0 Å². The molecule has 0 radical (unpaired) electrons. The van der Waals surface area contributed by atoms with Crippen LogP contribution in [-0.4, -0.2) is 35.5 Å². The largest absolute Gasteiger partial charge is 0.444 e. The van der Waals surface area contributed by atoms with E-state index in [4.69, 9.17) is 4.74 Å². The molecule has 1 saturated heterocycles. The summed E-state index contributed by atoms with van der Waals surface area (Å²) in [6.07, 6.45) is 0.868. The van der Waals surface area contributed by atoms with Gasteiger partial charge in [-0.25, -0.2) is 4.79 Å². The second-order valence-corrected chi connectivity index (χ2v) is 5.37. The molecule has 1 aliphatic heterocycles. The van der Waals surface area contributed by atoms with Crippen molar-refractivity contribution in [2.45, 2.75) is 46.1 Å². The Bertz CT molecular complexity index is 280. The van der Waals surface area contributed by atoms with Gasteiger partial charge >= 0.3 is 6.09 Å². The van der Waals surface area contributed by atoms with Gasteiger partial charge in [0.25, 0.3) is 0 Å². The van der Waals surface area contributed by atoms with Crippen LogP contribution in [0.4, 0.5) is 4.79 Å². The number of ether oxygens (including phenoxy) is 1. The third-order valence-electron chi connectivity index (χ3n) is 2.66. The van der Waals surface area contributed by atoms with Crippen molar-refractivity contribution < 1.29 is 14.3 Å². The number of hydrogen-bond acceptors (Lipinski definition) is 3. The zero-order chi connectivity index (χ0) is 12.3. The molecule has 0 aliphatic carbocycles. The van der Waals surface area contributed by atoms with Crippen LogP contribution in [0.2, 0.25) is 0 Å². The Labute approximate surface area is 96.9 Å². The SMILES string of the molecule is C[C@@H]1CCN(C(=O)OC(C)(C)C)CCC1=O. The van der Waals surface area contributed by atoms with Gasteiger partial charge in [0.05, 0.1) is 0 Å². The summed E-state index contributed by atoms with van der Waals surface area (Å²) < 4.78 is 5.28. The summed E-state index contributed by atoms with van der Waals surface area (Å²) in [6.45, 7) is 8.55. The first kappa shape index (κ1) is 13.0. The standard InChI is InChI=1S/C12H21NO3/c1-9-5-7-13(8-6-10(9)14)11(15)16-12(2,3)4/h9H,5-8H2,1-4H3/t9-/m1/s1. The van der Waals surface area contributed by atoms with Crippen LogP contribution in [0.5, 0.6) is 0 Å². The summed E-state index contributed by atoms with van der Waals surface area (Å²) in [4.78, 5) is 24.9. The molecule has 4 nitrogen and oxygen atoms in total. The Balaban J connectivity index is 2.55. The molecule has 0 N–H and O–H groups in total. The quantitative estimate of drug-likeness (QED) is 0.637. The van der Waals surface area contributed by atoms with Crippen LogP contribution in [-0.2, 0) is 9.53 Å². The molecule has 0 aromatic heterocycles. The van der Waals surface area contributed by atoms with Crippen molar-refractivity contribution >= 4 is 11.9 Å². The molecule has 16 heavy (non-hydrogen) atoms. The van der Waals surface area contributed by atoms with E-state index in [9.17, 15) is 9.59 Å². The van der Waals surface area contributed by atoms with Crippen LogP contribution in [0.15, 0.2) is 0 Å². The van der Waals surface area contributed by atoms with Gasteiger partial charge in [-0.15, -0.1) is 0 Å². The summed E-state index contributed by atoms with van der Waals surface area (Å²) in [5.41, 5.74) is -0.473. The van der Waals surface area contributed by atoms with E-state index in [0.29, 0.717) is 19.5 Å². The van der Waals surface area contributed by atoms with Gasteiger partial charge in [0, 0.05) is 25.4 Å². The van der Waals surface area contributed by atoms with Crippen molar-refractivity contribution in [3.05, 3.63) is 0 Å². The lowest BCUT2D eigenvalue weighted by Crippen LogP contribution is -2.37. The molecule has 1 rings (SSSR count). The van der Waals surface area contributed by atoms with Gasteiger partial charge in [0.2, 0.25) is 0 Å². The van der Waals surface area contributed by atoms with Gasteiger partial charge < -0.3 is 9.64 Å². The molecule has 0 unspecified atom stereocenters. The molecular formula is C12H21NO3. The van der Waals surface area contributed by atoms with Crippen LogP contribution in [0.1, 0.15) is 40.5 Å². The molecule has 4 heteroatoms. The highest BCUT2D eigenvalue weighted by Crippen LogP contribution is 2.16. The number of carbonyl (C=O) groups is 2. The van der Waals surface area contributed by atoms with Gasteiger partial charge in [0.15, 0.2) is 0 Å². The highest BCUT2D eigenvalue weighted by atomic mass is 16.6.